The molecule has 0 amide bonds. The number of rotatable bonds is 3. The number of para-hydroxylation sites is 1. The third-order valence-corrected chi connectivity index (χ3v) is 2.46. The number of nitrogens with zero attached hydrogens (tertiary/aromatic N) is 2. The molecule has 0 atom stereocenters. The summed E-state index contributed by atoms with van der Waals surface area (Å²) in [5, 5.41) is 0. The van der Waals surface area contributed by atoms with Crippen molar-refractivity contribution in [1.82, 2.24) is 0 Å². The average molecular weight is 222 g/mol. The van der Waals surface area contributed by atoms with E-state index in [0.29, 0.717) is 6.54 Å². The predicted octanol–water partition coefficient (Wildman–Crippen LogP) is 4.00. The average Bonchev–Trinajstić information content (AvgIpc) is 2.38. The van der Waals surface area contributed by atoms with Crippen molar-refractivity contribution in [1.29, 1.82) is 0 Å². The minimum Gasteiger partial charge on any atom is -0.221 e. The summed E-state index contributed by atoms with van der Waals surface area (Å²) in [6.45, 7) is 2.65. The molecule has 0 saturated carbocycles. The normalized spacial score (nSPS) is 9.47. The maximum atomic E-state index is 4.20. The smallest absolute Gasteiger partial charge is 0.0952 e. The molecule has 2 aromatic rings. The molecule has 0 saturated heterocycles. The lowest BCUT2D eigenvalue weighted by atomic mass is 10.2. The first-order valence-corrected chi connectivity index (χ1v) is 5.58. The van der Waals surface area contributed by atoms with E-state index in [2.05, 4.69) is 16.0 Å². The van der Waals surface area contributed by atoms with Crippen LogP contribution in [-0.2, 0) is 6.54 Å². The zero-order valence-electron chi connectivity index (χ0n) is 9.80. The minimum absolute atomic E-state index is 0.621. The van der Waals surface area contributed by atoms with Gasteiger partial charge in [-0.3, -0.25) is 0 Å². The SMILES string of the molecule is Cc1ccccc1N=C=NCc1ccccc1. The van der Waals surface area contributed by atoms with Crippen LogP contribution in [0.2, 0.25) is 0 Å². The lowest BCUT2D eigenvalue weighted by molar-refractivity contribution is 1.08. The Balaban J connectivity index is 2.04. The predicted molar refractivity (Wildman–Crippen MR) is 70.8 cm³/mol. The van der Waals surface area contributed by atoms with Gasteiger partial charge in [-0.05, 0) is 24.1 Å². The van der Waals surface area contributed by atoms with E-state index in [4.69, 9.17) is 0 Å². The molecule has 0 heterocycles. The summed E-state index contributed by atoms with van der Waals surface area (Å²) in [4.78, 5) is 8.37. The maximum absolute atomic E-state index is 4.20. The van der Waals surface area contributed by atoms with Crippen LogP contribution in [0, 0.1) is 6.92 Å². The Labute approximate surface area is 101 Å². The van der Waals surface area contributed by atoms with Gasteiger partial charge in [0.25, 0.3) is 0 Å². The molecule has 0 aromatic heterocycles. The second-order valence-corrected chi connectivity index (χ2v) is 3.80. The van der Waals surface area contributed by atoms with Crippen LogP contribution >= 0.6 is 0 Å². The summed E-state index contributed by atoms with van der Waals surface area (Å²) in [6, 6.07) is 20.8. The highest BCUT2D eigenvalue weighted by atomic mass is 14.8. The zero-order chi connectivity index (χ0) is 11.9. The summed E-state index contributed by atoms with van der Waals surface area (Å²) < 4.78 is 0. The first-order valence-electron chi connectivity index (χ1n) is 5.58. The Bertz CT molecular complexity index is 538. The van der Waals surface area contributed by atoms with Crippen LogP contribution in [0.1, 0.15) is 11.1 Å². The molecule has 0 aliphatic rings. The maximum Gasteiger partial charge on any atom is 0.0952 e. The molecule has 0 spiro atoms. The lowest BCUT2D eigenvalue weighted by Gasteiger charge is -1.94. The van der Waals surface area contributed by atoms with E-state index in [1.54, 1.807) is 0 Å². The fourth-order valence-corrected chi connectivity index (χ4v) is 1.49. The number of hydrogen-bond acceptors (Lipinski definition) is 2. The molecular weight excluding hydrogens is 208 g/mol. The first-order chi connectivity index (χ1) is 8.36. The molecule has 0 bridgehead atoms. The van der Waals surface area contributed by atoms with Gasteiger partial charge in [0.2, 0.25) is 0 Å². The molecule has 0 N–H and O–H groups in total. The molecule has 0 unspecified atom stereocenters. The van der Waals surface area contributed by atoms with Gasteiger partial charge in [0.05, 0.1) is 18.2 Å². The molecule has 0 radical (unpaired) electrons. The summed E-state index contributed by atoms with van der Waals surface area (Å²) in [7, 11) is 0. The highest BCUT2D eigenvalue weighted by Crippen LogP contribution is 2.15. The molecule has 2 rings (SSSR count). The molecule has 0 fully saturated rings. The van der Waals surface area contributed by atoms with Crippen LogP contribution in [-0.4, -0.2) is 6.01 Å². The van der Waals surface area contributed by atoms with E-state index in [1.165, 1.54) is 5.56 Å². The van der Waals surface area contributed by atoms with Crippen LogP contribution in [0.25, 0.3) is 0 Å². The van der Waals surface area contributed by atoms with Gasteiger partial charge in [-0.15, -0.1) is 0 Å². The van der Waals surface area contributed by atoms with E-state index in [9.17, 15) is 0 Å². The Hall–Kier alpha value is -2.18. The van der Waals surface area contributed by atoms with Crippen molar-refractivity contribution in [3.8, 4) is 0 Å². The van der Waals surface area contributed by atoms with Crippen molar-refractivity contribution in [2.24, 2.45) is 9.98 Å². The standard InChI is InChI=1S/C15H14N2/c1-13-7-5-6-10-15(13)17-12-16-11-14-8-3-2-4-9-14/h2-10H,11H2,1H3. The molecule has 84 valence electrons. The van der Waals surface area contributed by atoms with E-state index in [0.717, 1.165) is 11.3 Å². The fourth-order valence-electron chi connectivity index (χ4n) is 1.49. The molecule has 0 aliphatic heterocycles. The second-order valence-electron chi connectivity index (χ2n) is 3.80. The van der Waals surface area contributed by atoms with Gasteiger partial charge in [-0.2, -0.15) is 4.99 Å². The quantitative estimate of drug-likeness (QED) is 0.701. The zero-order valence-corrected chi connectivity index (χ0v) is 9.80. The van der Waals surface area contributed by atoms with Gasteiger partial charge in [0, 0.05) is 0 Å². The van der Waals surface area contributed by atoms with Gasteiger partial charge in [-0.25, -0.2) is 4.99 Å². The van der Waals surface area contributed by atoms with Crippen molar-refractivity contribution in [2.45, 2.75) is 13.5 Å². The first kappa shape index (κ1) is 11.3. The van der Waals surface area contributed by atoms with E-state index in [1.807, 2.05) is 61.5 Å². The number of aryl methyl sites for hydroxylation is 1. The van der Waals surface area contributed by atoms with Gasteiger partial charge in [0.1, 0.15) is 0 Å². The number of aliphatic imine (C=N–C) groups is 2. The van der Waals surface area contributed by atoms with Crippen LogP contribution in [0.3, 0.4) is 0 Å². The highest BCUT2D eigenvalue weighted by Gasteiger charge is 1.91. The van der Waals surface area contributed by atoms with Gasteiger partial charge >= 0.3 is 0 Å². The summed E-state index contributed by atoms with van der Waals surface area (Å²) in [6.07, 6.45) is 0. The van der Waals surface area contributed by atoms with E-state index >= 15 is 0 Å². The van der Waals surface area contributed by atoms with Gasteiger partial charge < -0.3 is 0 Å². The monoisotopic (exact) mass is 222 g/mol. The molecule has 0 aliphatic carbocycles. The minimum atomic E-state index is 0.621. The molecule has 2 aromatic carbocycles. The van der Waals surface area contributed by atoms with Gasteiger partial charge in [0.15, 0.2) is 0 Å². The Morgan fingerprint density at radius 3 is 2.41 bits per heavy atom. The van der Waals surface area contributed by atoms with Crippen molar-refractivity contribution >= 4 is 11.7 Å². The van der Waals surface area contributed by atoms with Crippen molar-refractivity contribution in [3.05, 3.63) is 65.7 Å². The van der Waals surface area contributed by atoms with Crippen molar-refractivity contribution in [2.75, 3.05) is 0 Å². The van der Waals surface area contributed by atoms with Gasteiger partial charge in [-0.1, -0.05) is 48.5 Å². The molecule has 17 heavy (non-hydrogen) atoms. The van der Waals surface area contributed by atoms with Crippen LogP contribution in [0.4, 0.5) is 5.69 Å². The number of hydrogen-bond donors (Lipinski definition) is 0. The summed E-state index contributed by atoms with van der Waals surface area (Å²) in [5.74, 6) is 0. The number of benzene rings is 2. The molecule has 2 nitrogen and oxygen atoms in total. The topological polar surface area (TPSA) is 24.7 Å². The molecule has 2 heteroatoms. The van der Waals surface area contributed by atoms with E-state index < -0.39 is 0 Å². The third-order valence-electron chi connectivity index (χ3n) is 2.46. The van der Waals surface area contributed by atoms with E-state index in [-0.39, 0.29) is 0 Å². The highest BCUT2D eigenvalue weighted by molar-refractivity contribution is 5.55. The lowest BCUT2D eigenvalue weighted by Crippen LogP contribution is -1.78. The van der Waals surface area contributed by atoms with Crippen molar-refractivity contribution in [3.63, 3.8) is 0 Å². The second kappa shape index (κ2) is 5.78. The Morgan fingerprint density at radius 1 is 0.941 bits per heavy atom. The fraction of sp³-hybridized carbons (Fsp3) is 0.133. The van der Waals surface area contributed by atoms with Crippen LogP contribution < -0.4 is 0 Å². The Morgan fingerprint density at radius 2 is 1.65 bits per heavy atom. The largest absolute Gasteiger partial charge is 0.221 e. The van der Waals surface area contributed by atoms with Crippen LogP contribution in [0.5, 0.6) is 0 Å². The Kier molecular flexibility index (Phi) is 3.85. The molecular formula is C15H14N2. The third kappa shape index (κ3) is 3.40. The van der Waals surface area contributed by atoms with Crippen LogP contribution in [0.15, 0.2) is 64.6 Å². The van der Waals surface area contributed by atoms with Crippen molar-refractivity contribution < 1.29 is 0 Å². The summed E-state index contributed by atoms with van der Waals surface area (Å²) in [5.41, 5.74) is 3.22. The summed E-state index contributed by atoms with van der Waals surface area (Å²) >= 11 is 0.